The molecule has 2 N–H and O–H groups in total. The summed E-state index contributed by atoms with van der Waals surface area (Å²) < 4.78 is 29.2. The molecule has 0 spiro atoms. The van der Waals surface area contributed by atoms with Crippen molar-refractivity contribution in [2.75, 3.05) is 28.0 Å². The summed E-state index contributed by atoms with van der Waals surface area (Å²) in [5.41, 5.74) is 1.64. The van der Waals surface area contributed by atoms with E-state index in [0.29, 0.717) is 27.6 Å². The molecule has 1 aliphatic rings. The number of rotatable bonds is 6. The molecule has 0 bridgehead atoms. The minimum atomic E-state index is -3.97. The fourth-order valence-corrected chi connectivity index (χ4v) is 5.04. The van der Waals surface area contributed by atoms with Gasteiger partial charge in [-0.1, -0.05) is 23.7 Å². The van der Waals surface area contributed by atoms with Crippen molar-refractivity contribution in [2.24, 2.45) is 0 Å². The molecule has 0 atom stereocenters. The molecule has 0 unspecified atom stereocenters. The van der Waals surface area contributed by atoms with E-state index in [2.05, 4.69) is 15.0 Å². The molecule has 1 aromatic heterocycles. The van der Waals surface area contributed by atoms with Crippen molar-refractivity contribution >= 4 is 44.6 Å². The molecule has 0 saturated carbocycles. The highest BCUT2D eigenvalue weighted by Crippen LogP contribution is 2.33. The van der Waals surface area contributed by atoms with E-state index in [-0.39, 0.29) is 10.8 Å². The van der Waals surface area contributed by atoms with Crippen LogP contribution in [-0.4, -0.2) is 32.4 Å². The van der Waals surface area contributed by atoms with Gasteiger partial charge in [-0.15, -0.1) is 0 Å². The fourth-order valence-electron chi connectivity index (χ4n) is 3.47. The Hall–Kier alpha value is -3.10. The SMILES string of the molecule is O=C(Nc1ccc(N2CCCC2)c(S(=O)(=O)Nc2ccccc2Cl)c1)c1cccnc1. The Morgan fingerprint density at radius 2 is 1.81 bits per heavy atom. The standard InChI is InChI=1S/C22H21ClN4O3S/c23-18-7-1-2-8-19(18)26-31(29,30)21-14-17(9-10-20(21)27-12-3-4-13-27)25-22(28)16-6-5-11-24-15-16/h1-2,5-11,14-15,26H,3-4,12-13H2,(H,25,28). The largest absolute Gasteiger partial charge is 0.370 e. The summed E-state index contributed by atoms with van der Waals surface area (Å²) in [7, 11) is -3.97. The number of amides is 1. The minimum absolute atomic E-state index is 0.0818. The molecule has 7 nitrogen and oxygen atoms in total. The van der Waals surface area contributed by atoms with Gasteiger partial charge in [0.2, 0.25) is 0 Å². The zero-order chi connectivity index (χ0) is 21.8. The topological polar surface area (TPSA) is 91.4 Å². The first-order valence-electron chi connectivity index (χ1n) is 9.82. The van der Waals surface area contributed by atoms with Crippen LogP contribution in [0.4, 0.5) is 17.1 Å². The van der Waals surface area contributed by atoms with Crippen molar-refractivity contribution in [1.82, 2.24) is 4.98 Å². The van der Waals surface area contributed by atoms with E-state index in [1.165, 1.54) is 12.3 Å². The van der Waals surface area contributed by atoms with Gasteiger partial charge in [-0.2, -0.15) is 0 Å². The molecule has 0 radical (unpaired) electrons. The first kappa shape index (κ1) is 21.1. The van der Waals surface area contributed by atoms with Crippen molar-refractivity contribution in [3.8, 4) is 0 Å². The molecule has 4 rings (SSSR count). The van der Waals surface area contributed by atoms with Crippen LogP contribution in [0.25, 0.3) is 0 Å². The van der Waals surface area contributed by atoms with Gasteiger partial charge >= 0.3 is 0 Å². The van der Waals surface area contributed by atoms with E-state index < -0.39 is 10.0 Å². The second-order valence-corrected chi connectivity index (χ2v) is 9.22. The molecule has 1 aliphatic heterocycles. The molecule has 160 valence electrons. The third-order valence-electron chi connectivity index (χ3n) is 5.00. The quantitative estimate of drug-likeness (QED) is 0.574. The van der Waals surface area contributed by atoms with Gasteiger partial charge in [-0.25, -0.2) is 8.42 Å². The Kier molecular flexibility index (Phi) is 6.11. The van der Waals surface area contributed by atoms with Gasteiger partial charge in [0, 0.05) is 31.2 Å². The molecule has 0 aliphatic carbocycles. The average Bonchev–Trinajstić information content (AvgIpc) is 3.31. The van der Waals surface area contributed by atoms with Gasteiger partial charge in [0.25, 0.3) is 15.9 Å². The molecule has 1 amide bonds. The van der Waals surface area contributed by atoms with E-state index in [4.69, 9.17) is 11.6 Å². The Bertz CT molecular complexity index is 1200. The van der Waals surface area contributed by atoms with Gasteiger partial charge in [-0.3, -0.25) is 14.5 Å². The number of carbonyl (C=O) groups is 1. The number of aromatic nitrogens is 1. The monoisotopic (exact) mass is 456 g/mol. The van der Waals surface area contributed by atoms with Crippen molar-refractivity contribution < 1.29 is 13.2 Å². The number of nitrogens with zero attached hydrogens (tertiary/aromatic N) is 2. The van der Waals surface area contributed by atoms with Gasteiger partial charge < -0.3 is 10.2 Å². The summed E-state index contributed by atoms with van der Waals surface area (Å²) in [5.74, 6) is -0.371. The Morgan fingerprint density at radius 3 is 2.52 bits per heavy atom. The van der Waals surface area contributed by atoms with Crippen LogP contribution in [0.1, 0.15) is 23.2 Å². The van der Waals surface area contributed by atoms with Crippen LogP contribution in [0, 0.1) is 0 Å². The van der Waals surface area contributed by atoms with Crippen molar-refractivity contribution in [3.05, 3.63) is 77.6 Å². The number of sulfonamides is 1. The second kappa shape index (κ2) is 8.95. The van der Waals surface area contributed by atoms with Crippen LogP contribution in [-0.2, 0) is 10.0 Å². The summed E-state index contributed by atoms with van der Waals surface area (Å²) >= 11 is 6.15. The lowest BCUT2D eigenvalue weighted by molar-refractivity contribution is 0.102. The maximum absolute atomic E-state index is 13.3. The number of nitrogens with one attached hydrogen (secondary N) is 2. The maximum Gasteiger partial charge on any atom is 0.264 e. The number of anilines is 3. The number of para-hydroxylation sites is 1. The summed E-state index contributed by atoms with van der Waals surface area (Å²) in [4.78, 5) is 18.6. The van der Waals surface area contributed by atoms with E-state index in [0.717, 1.165) is 25.9 Å². The fraction of sp³-hybridized carbons (Fsp3) is 0.182. The lowest BCUT2D eigenvalue weighted by atomic mass is 10.2. The molecule has 1 saturated heterocycles. The average molecular weight is 457 g/mol. The summed E-state index contributed by atoms with van der Waals surface area (Å²) in [6.07, 6.45) is 5.02. The first-order chi connectivity index (χ1) is 14.9. The zero-order valence-corrected chi connectivity index (χ0v) is 18.2. The van der Waals surface area contributed by atoms with Crippen LogP contribution in [0.15, 0.2) is 71.9 Å². The Labute approximate surface area is 186 Å². The van der Waals surface area contributed by atoms with Crippen LogP contribution in [0.2, 0.25) is 5.02 Å². The summed E-state index contributed by atoms with van der Waals surface area (Å²) in [5, 5.41) is 3.05. The molecule has 9 heteroatoms. The molecular weight excluding hydrogens is 436 g/mol. The van der Waals surface area contributed by atoms with Crippen molar-refractivity contribution in [3.63, 3.8) is 0 Å². The predicted molar refractivity (Wildman–Crippen MR) is 122 cm³/mol. The van der Waals surface area contributed by atoms with Gasteiger partial charge in [0.05, 0.1) is 22.0 Å². The highest BCUT2D eigenvalue weighted by Gasteiger charge is 2.25. The van der Waals surface area contributed by atoms with Gasteiger partial charge in [0.1, 0.15) is 4.90 Å². The maximum atomic E-state index is 13.3. The van der Waals surface area contributed by atoms with Crippen LogP contribution in [0.3, 0.4) is 0 Å². The highest BCUT2D eigenvalue weighted by molar-refractivity contribution is 7.93. The number of hydrogen-bond donors (Lipinski definition) is 2. The van der Waals surface area contributed by atoms with Crippen LogP contribution >= 0.6 is 11.6 Å². The Morgan fingerprint density at radius 1 is 1.03 bits per heavy atom. The molecule has 3 aromatic rings. The molecule has 31 heavy (non-hydrogen) atoms. The van der Waals surface area contributed by atoms with E-state index in [9.17, 15) is 13.2 Å². The first-order valence-corrected chi connectivity index (χ1v) is 11.7. The van der Waals surface area contributed by atoms with Gasteiger partial charge in [-0.05, 0) is 55.3 Å². The number of carbonyl (C=O) groups excluding carboxylic acids is 1. The summed E-state index contributed by atoms with van der Waals surface area (Å²) in [6.45, 7) is 1.55. The zero-order valence-electron chi connectivity index (χ0n) is 16.6. The molecular formula is C22H21ClN4O3S. The lowest BCUT2D eigenvalue weighted by Gasteiger charge is -2.22. The van der Waals surface area contributed by atoms with Crippen molar-refractivity contribution in [1.29, 1.82) is 0 Å². The predicted octanol–water partition coefficient (Wildman–Crippen LogP) is 4.39. The van der Waals surface area contributed by atoms with E-state index >= 15 is 0 Å². The van der Waals surface area contributed by atoms with Crippen molar-refractivity contribution in [2.45, 2.75) is 17.7 Å². The molecule has 1 fully saturated rings. The molecule has 2 aromatic carbocycles. The van der Waals surface area contributed by atoms with Crippen LogP contribution in [0.5, 0.6) is 0 Å². The third-order valence-corrected chi connectivity index (χ3v) is 6.72. The lowest BCUT2D eigenvalue weighted by Crippen LogP contribution is -2.23. The van der Waals surface area contributed by atoms with Gasteiger partial charge in [0.15, 0.2) is 0 Å². The minimum Gasteiger partial charge on any atom is -0.370 e. The normalized spacial score (nSPS) is 13.8. The number of pyridine rings is 1. The smallest absolute Gasteiger partial charge is 0.264 e. The highest BCUT2D eigenvalue weighted by atomic mass is 35.5. The summed E-state index contributed by atoms with van der Waals surface area (Å²) in [6, 6.07) is 14.9. The van der Waals surface area contributed by atoms with Crippen LogP contribution < -0.4 is 14.9 Å². The third kappa shape index (κ3) is 4.81. The number of benzene rings is 2. The number of hydrogen-bond acceptors (Lipinski definition) is 5. The number of halogens is 1. The van der Waals surface area contributed by atoms with E-state index in [1.54, 1.807) is 54.7 Å². The second-order valence-electron chi connectivity index (χ2n) is 7.16. The van der Waals surface area contributed by atoms with E-state index in [1.807, 2.05) is 4.90 Å². The Balaban J connectivity index is 1.70. The molecule has 2 heterocycles.